The second-order valence-corrected chi connectivity index (χ2v) is 10.2. The van der Waals surface area contributed by atoms with Gasteiger partial charge in [-0.15, -0.1) is 0 Å². The molecule has 0 saturated heterocycles. The van der Waals surface area contributed by atoms with Gasteiger partial charge in [0.15, 0.2) is 0 Å². The summed E-state index contributed by atoms with van der Waals surface area (Å²) in [6.07, 6.45) is 8.34. The third kappa shape index (κ3) is 5.25. The van der Waals surface area contributed by atoms with Crippen LogP contribution in [-0.4, -0.2) is 8.75 Å². The molecule has 5 aromatic carbocycles. The van der Waals surface area contributed by atoms with E-state index in [1.54, 1.807) is 0 Å². The van der Waals surface area contributed by atoms with Gasteiger partial charge in [0.05, 0.1) is 17.3 Å². The Hall–Kier alpha value is -4.72. The molecule has 1 aromatic heterocycles. The average molecular weight is 543 g/mol. The molecule has 1 aliphatic rings. The van der Waals surface area contributed by atoms with E-state index in [1.807, 2.05) is 12.1 Å². The van der Waals surface area contributed by atoms with Crippen molar-refractivity contribution in [1.29, 1.82) is 0 Å². The molecule has 1 saturated carbocycles. The molecule has 0 spiro atoms. The summed E-state index contributed by atoms with van der Waals surface area (Å²) in [6, 6.07) is 42.0. The lowest BCUT2D eigenvalue weighted by molar-refractivity contribution is 1.28. The number of anilines is 3. The minimum atomic E-state index is 0.840. The molecule has 0 bridgehead atoms. The number of nitrogens with zero attached hydrogens (tertiary/aromatic N) is 3. The summed E-state index contributed by atoms with van der Waals surface area (Å²) < 4.78 is 9.27. The lowest BCUT2D eigenvalue weighted by Gasteiger charge is -2.25. The Morgan fingerprint density at radius 2 is 1.10 bits per heavy atom. The maximum Gasteiger partial charge on any atom is 0.121 e. The van der Waals surface area contributed by atoms with E-state index in [1.165, 1.54) is 23.2 Å². The number of fused-ring (bicyclic) bond motifs is 1. The Labute approximate surface area is 245 Å². The molecule has 0 unspecified atom stereocenters. The van der Waals surface area contributed by atoms with Gasteiger partial charge in [-0.3, -0.25) is 0 Å². The van der Waals surface area contributed by atoms with Gasteiger partial charge < -0.3 is 4.90 Å². The zero-order valence-electron chi connectivity index (χ0n) is 22.1. The van der Waals surface area contributed by atoms with E-state index < -0.39 is 0 Å². The van der Waals surface area contributed by atoms with Crippen LogP contribution in [0.3, 0.4) is 0 Å². The first kappa shape index (κ1) is 25.3. The van der Waals surface area contributed by atoms with Gasteiger partial charge in [-0.1, -0.05) is 78.6 Å². The molecule has 193 valence electrons. The van der Waals surface area contributed by atoms with Crippen LogP contribution in [0, 0.1) is 43.4 Å². The van der Waals surface area contributed by atoms with Crippen molar-refractivity contribution in [2.45, 2.75) is 0 Å². The van der Waals surface area contributed by atoms with Crippen molar-refractivity contribution >= 4 is 39.8 Å². The molecule has 6 aromatic rings. The number of benzene rings is 5. The number of para-hydroxylation sites is 2. The van der Waals surface area contributed by atoms with Crippen molar-refractivity contribution in [2.24, 2.45) is 0 Å². The molecular formula is C37H24N3S. The number of hydrogen-bond acceptors (Lipinski definition) is 4. The normalized spacial score (nSPS) is 13.2. The van der Waals surface area contributed by atoms with Crippen molar-refractivity contribution in [3.63, 3.8) is 0 Å². The first-order valence-electron chi connectivity index (χ1n) is 13.4. The van der Waals surface area contributed by atoms with Gasteiger partial charge in [-0.2, -0.15) is 8.75 Å². The average Bonchev–Trinajstić information content (AvgIpc) is 3.76. The molecule has 41 heavy (non-hydrogen) atoms. The summed E-state index contributed by atoms with van der Waals surface area (Å²) in [4.78, 5) is 2.26. The summed E-state index contributed by atoms with van der Waals surface area (Å²) in [5.74, 6) is 7.86. The van der Waals surface area contributed by atoms with Crippen LogP contribution < -0.4 is 4.90 Å². The second-order valence-electron chi connectivity index (χ2n) is 9.68. The van der Waals surface area contributed by atoms with Crippen LogP contribution in [0.25, 0.3) is 22.2 Å². The summed E-state index contributed by atoms with van der Waals surface area (Å²) in [5.41, 5.74) is 10.2. The van der Waals surface area contributed by atoms with E-state index in [2.05, 4.69) is 160 Å². The first-order valence-corrected chi connectivity index (χ1v) is 14.2. The van der Waals surface area contributed by atoms with E-state index in [0.717, 1.165) is 50.3 Å². The summed E-state index contributed by atoms with van der Waals surface area (Å²) in [5, 5.41) is 0. The molecule has 1 fully saturated rings. The summed E-state index contributed by atoms with van der Waals surface area (Å²) in [7, 11) is 0. The highest BCUT2D eigenvalue weighted by atomic mass is 32.1. The second kappa shape index (κ2) is 11.4. The van der Waals surface area contributed by atoms with Crippen LogP contribution in [0.1, 0.15) is 16.7 Å². The van der Waals surface area contributed by atoms with Gasteiger partial charge in [0.2, 0.25) is 0 Å². The number of hydrogen-bond donors (Lipinski definition) is 0. The van der Waals surface area contributed by atoms with Gasteiger partial charge in [-0.05, 0) is 91.4 Å². The van der Waals surface area contributed by atoms with Gasteiger partial charge in [-0.25, -0.2) is 0 Å². The highest BCUT2D eigenvalue weighted by Crippen LogP contribution is 2.36. The third-order valence-electron chi connectivity index (χ3n) is 7.10. The van der Waals surface area contributed by atoms with Gasteiger partial charge in [0.25, 0.3) is 0 Å². The molecule has 1 aliphatic carbocycles. The van der Waals surface area contributed by atoms with Crippen molar-refractivity contribution in [3.05, 3.63) is 170 Å². The van der Waals surface area contributed by atoms with Crippen LogP contribution in [0.2, 0.25) is 0 Å². The van der Waals surface area contributed by atoms with Gasteiger partial charge in [0, 0.05) is 34.1 Å². The van der Waals surface area contributed by atoms with E-state index >= 15 is 0 Å². The fraction of sp³-hybridized carbons (Fsp3) is 0. The molecule has 3 nitrogen and oxygen atoms in total. The van der Waals surface area contributed by atoms with Crippen LogP contribution in [0.15, 0.2) is 121 Å². The minimum Gasteiger partial charge on any atom is -0.311 e. The molecule has 0 amide bonds. The zero-order chi connectivity index (χ0) is 27.4. The number of aromatic nitrogens is 2. The lowest BCUT2D eigenvalue weighted by atomic mass is 9.97. The lowest BCUT2D eigenvalue weighted by Crippen LogP contribution is -2.09. The van der Waals surface area contributed by atoms with Crippen LogP contribution in [0.5, 0.6) is 0 Å². The molecule has 5 radical (unpaired) electrons. The SMILES string of the molecule is C(#Cc1ccc(-c2ccc(N(c3ccccc3)c3ccccc3)cc2)c2nsnc12)c1ccc([C]2[CH][CH][CH][CH]2)cc1. The molecular weight excluding hydrogens is 518 g/mol. The predicted molar refractivity (Wildman–Crippen MR) is 170 cm³/mol. The largest absolute Gasteiger partial charge is 0.311 e. The molecule has 1 heterocycles. The highest BCUT2D eigenvalue weighted by molar-refractivity contribution is 7.00. The minimum absolute atomic E-state index is 0.840. The summed E-state index contributed by atoms with van der Waals surface area (Å²) in [6.45, 7) is 0. The number of rotatable bonds is 5. The summed E-state index contributed by atoms with van der Waals surface area (Å²) >= 11 is 1.22. The topological polar surface area (TPSA) is 29.0 Å². The monoisotopic (exact) mass is 542 g/mol. The predicted octanol–water partition coefficient (Wildman–Crippen LogP) is 8.98. The third-order valence-corrected chi connectivity index (χ3v) is 7.63. The van der Waals surface area contributed by atoms with Crippen molar-refractivity contribution in [2.75, 3.05) is 4.90 Å². The van der Waals surface area contributed by atoms with Crippen molar-refractivity contribution in [3.8, 4) is 23.0 Å². The first-order chi connectivity index (χ1) is 20.3. The molecule has 0 N–H and O–H groups in total. The Morgan fingerprint density at radius 3 is 1.76 bits per heavy atom. The fourth-order valence-corrected chi connectivity index (χ4v) is 5.62. The standard InChI is InChI=1S/C37H24N3S/c1-3-11-32(12-4-1)40(33-13-5-2-6-14-33)34-24-21-30(22-25-34)35-26-23-31(36-37(35)39-41-38-36)20-17-27-15-18-29(19-16-27)28-9-7-8-10-28/h1-16,18-19,21-26H. The molecule has 7 rings (SSSR count). The van der Waals surface area contributed by atoms with Crippen LogP contribution in [0.4, 0.5) is 17.1 Å². The Morgan fingerprint density at radius 1 is 0.512 bits per heavy atom. The smallest absolute Gasteiger partial charge is 0.121 e. The van der Waals surface area contributed by atoms with E-state index in [9.17, 15) is 0 Å². The molecule has 0 atom stereocenters. The Balaban J connectivity index is 1.18. The van der Waals surface area contributed by atoms with Gasteiger partial charge in [0.1, 0.15) is 11.0 Å². The van der Waals surface area contributed by atoms with E-state index in [-0.39, 0.29) is 0 Å². The van der Waals surface area contributed by atoms with Crippen LogP contribution >= 0.6 is 11.7 Å². The quantitative estimate of drug-likeness (QED) is 0.204. The Kier molecular flexibility index (Phi) is 7.03. The van der Waals surface area contributed by atoms with E-state index in [0.29, 0.717) is 0 Å². The van der Waals surface area contributed by atoms with E-state index in [4.69, 9.17) is 0 Å². The zero-order valence-corrected chi connectivity index (χ0v) is 22.9. The van der Waals surface area contributed by atoms with Crippen molar-refractivity contribution < 1.29 is 0 Å². The maximum atomic E-state index is 4.66. The van der Waals surface area contributed by atoms with Gasteiger partial charge >= 0.3 is 0 Å². The fourth-order valence-electron chi connectivity index (χ4n) is 5.04. The van der Waals surface area contributed by atoms with Crippen LogP contribution in [-0.2, 0) is 0 Å². The molecule has 0 aliphatic heterocycles. The highest BCUT2D eigenvalue weighted by Gasteiger charge is 2.18. The maximum absolute atomic E-state index is 4.66. The Bertz CT molecular complexity index is 1790. The van der Waals surface area contributed by atoms with Crippen molar-refractivity contribution in [1.82, 2.24) is 8.75 Å². The molecule has 4 heteroatoms.